The van der Waals surface area contributed by atoms with Crippen LogP contribution in [0.1, 0.15) is 27.0 Å². The zero-order valence-electron chi connectivity index (χ0n) is 15.8. The SMILES string of the molecule is O=C(O)c1ccc(Cc2ccccc2)c(NCc2cccc3ccccc23)c1O. The Morgan fingerprint density at radius 2 is 1.52 bits per heavy atom. The van der Waals surface area contributed by atoms with E-state index in [1.54, 1.807) is 6.07 Å². The smallest absolute Gasteiger partial charge is 0.339 e. The number of nitrogens with one attached hydrogen (secondary N) is 1. The van der Waals surface area contributed by atoms with Crippen LogP contribution < -0.4 is 5.32 Å². The van der Waals surface area contributed by atoms with E-state index >= 15 is 0 Å². The lowest BCUT2D eigenvalue weighted by Gasteiger charge is -2.16. The topological polar surface area (TPSA) is 69.6 Å². The van der Waals surface area contributed by atoms with Crippen LogP contribution in [0.25, 0.3) is 10.8 Å². The highest BCUT2D eigenvalue weighted by molar-refractivity contribution is 5.94. The lowest BCUT2D eigenvalue weighted by molar-refractivity contribution is 0.0694. The van der Waals surface area contributed by atoms with E-state index in [4.69, 9.17) is 0 Å². The highest BCUT2D eigenvalue weighted by atomic mass is 16.4. The standard InChI is InChI=1S/C25H21NO3/c27-24-22(25(28)29)14-13-19(15-17-7-2-1-3-8-17)23(24)26-16-20-11-6-10-18-9-4-5-12-21(18)20/h1-14,26-27H,15-16H2,(H,28,29). The molecule has 4 aromatic rings. The summed E-state index contributed by atoms with van der Waals surface area (Å²) in [5.74, 6) is -1.38. The summed E-state index contributed by atoms with van der Waals surface area (Å²) >= 11 is 0. The fourth-order valence-electron chi connectivity index (χ4n) is 3.60. The molecule has 0 radical (unpaired) electrons. The highest BCUT2D eigenvalue weighted by Gasteiger charge is 2.17. The number of carbonyl (C=O) groups is 1. The summed E-state index contributed by atoms with van der Waals surface area (Å²) in [6, 6.07) is 27.3. The second-order valence-electron chi connectivity index (χ2n) is 6.96. The molecule has 3 N–H and O–H groups in total. The number of aromatic carboxylic acids is 1. The maximum absolute atomic E-state index is 11.5. The maximum atomic E-state index is 11.5. The van der Waals surface area contributed by atoms with Gasteiger partial charge in [-0.05, 0) is 39.9 Å². The molecular formula is C25H21NO3. The average Bonchev–Trinajstić information content (AvgIpc) is 2.74. The lowest BCUT2D eigenvalue weighted by Crippen LogP contribution is -2.07. The maximum Gasteiger partial charge on any atom is 0.339 e. The molecule has 0 heterocycles. The number of carboxylic acid groups (broad SMARTS) is 1. The predicted octanol–water partition coefficient (Wildman–Crippen LogP) is 5.45. The van der Waals surface area contributed by atoms with Crippen molar-refractivity contribution in [1.29, 1.82) is 0 Å². The zero-order chi connectivity index (χ0) is 20.2. The minimum Gasteiger partial charge on any atom is -0.505 e. The van der Waals surface area contributed by atoms with Gasteiger partial charge in [-0.15, -0.1) is 0 Å². The molecule has 0 unspecified atom stereocenters. The number of phenols is 1. The van der Waals surface area contributed by atoms with Crippen LogP contribution in [0.5, 0.6) is 5.75 Å². The van der Waals surface area contributed by atoms with E-state index < -0.39 is 5.97 Å². The van der Waals surface area contributed by atoms with Crippen LogP contribution >= 0.6 is 0 Å². The monoisotopic (exact) mass is 383 g/mol. The number of rotatable bonds is 6. The second-order valence-corrected chi connectivity index (χ2v) is 6.96. The molecule has 0 fully saturated rings. The first kappa shape index (κ1) is 18.6. The molecule has 0 aliphatic carbocycles. The summed E-state index contributed by atoms with van der Waals surface area (Å²) < 4.78 is 0. The molecule has 0 spiro atoms. The molecule has 0 saturated heterocycles. The van der Waals surface area contributed by atoms with Gasteiger partial charge in [0.15, 0.2) is 5.75 Å². The lowest BCUT2D eigenvalue weighted by atomic mass is 9.99. The molecule has 0 saturated carbocycles. The van der Waals surface area contributed by atoms with Crippen molar-refractivity contribution in [3.63, 3.8) is 0 Å². The van der Waals surface area contributed by atoms with Gasteiger partial charge in [-0.2, -0.15) is 0 Å². The normalized spacial score (nSPS) is 10.8. The van der Waals surface area contributed by atoms with E-state index in [9.17, 15) is 15.0 Å². The van der Waals surface area contributed by atoms with Gasteiger partial charge >= 0.3 is 5.97 Å². The van der Waals surface area contributed by atoms with Gasteiger partial charge in [0.2, 0.25) is 0 Å². The average molecular weight is 383 g/mol. The van der Waals surface area contributed by atoms with E-state index in [0.717, 1.165) is 27.5 Å². The molecule has 0 amide bonds. The number of fused-ring (bicyclic) bond motifs is 1. The molecule has 0 atom stereocenters. The van der Waals surface area contributed by atoms with Crippen molar-refractivity contribution in [1.82, 2.24) is 0 Å². The number of benzene rings is 4. The summed E-state index contributed by atoms with van der Waals surface area (Å²) in [4.78, 5) is 11.5. The Morgan fingerprint density at radius 3 is 2.31 bits per heavy atom. The quantitative estimate of drug-likeness (QED) is 0.388. The first-order valence-corrected chi connectivity index (χ1v) is 9.46. The number of hydrogen-bond acceptors (Lipinski definition) is 3. The minimum absolute atomic E-state index is 0.109. The van der Waals surface area contributed by atoms with E-state index in [1.165, 1.54) is 6.07 Å². The number of hydrogen-bond donors (Lipinski definition) is 3. The van der Waals surface area contributed by atoms with Crippen LogP contribution in [0.3, 0.4) is 0 Å². The van der Waals surface area contributed by atoms with Crippen molar-refractivity contribution < 1.29 is 15.0 Å². The fraction of sp³-hybridized carbons (Fsp3) is 0.0800. The third-order valence-corrected chi connectivity index (χ3v) is 5.07. The van der Waals surface area contributed by atoms with Crippen molar-refractivity contribution in [2.45, 2.75) is 13.0 Å². The molecule has 4 heteroatoms. The van der Waals surface area contributed by atoms with Gasteiger partial charge in [0.05, 0.1) is 5.69 Å². The molecule has 4 nitrogen and oxygen atoms in total. The Hall–Kier alpha value is -3.79. The minimum atomic E-state index is -1.15. The van der Waals surface area contributed by atoms with Crippen LogP contribution in [0.15, 0.2) is 84.9 Å². The Labute approximate surface area is 169 Å². The molecular weight excluding hydrogens is 362 g/mol. The molecule has 0 aliphatic heterocycles. The van der Waals surface area contributed by atoms with Crippen molar-refractivity contribution in [3.05, 3.63) is 107 Å². The number of aromatic hydroxyl groups is 1. The zero-order valence-corrected chi connectivity index (χ0v) is 15.8. The molecule has 29 heavy (non-hydrogen) atoms. The fourth-order valence-corrected chi connectivity index (χ4v) is 3.60. The van der Waals surface area contributed by atoms with E-state index in [0.29, 0.717) is 18.7 Å². The first-order chi connectivity index (χ1) is 14.1. The summed E-state index contributed by atoms with van der Waals surface area (Å²) in [5, 5.41) is 25.6. The molecule has 144 valence electrons. The van der Waals surface area contributed by atoms with Crippen molar-refractivity contribution >= 4 is 22.4 Å². The predicted molar refractivity (Wildman–Crippen MR) is 116 cm³/mol. The Balaban J connectivity index is 1.70. The van der Waals surface area contributed by atoms with Gasteiger partial charge in [-0.25, -0.2) is 4.79 Å². The largest absolute Gasteiger partial charge is 0.505 e. The molecule has 4 aromatic carbocycles. The van der Waals surface area contributed by atoms with Crippen molar-refractivity contribution in [2.24, 2.45) is 0 Å². The van der Waals surface area contributed by atoms with Crippen LogP contribution in [0, 0.1) is 0 Å². The van der Waals surface area contributed by atoms with E-state index in [1.807, 2.05) is 54.6 Å². The summed E-state index contributed by atoms with van der Waals surface area (Å²) in [5.41, 5.74) is 3.36. The summed E-state index contributed by atoms with van der Waals surface area (Å²) in [6.45, 7) is 0.472. The first-order valence-electron chi connectivity index (χ1n) is 9.46. The van der Waals surface area contributed by atoms with Crippen LogP contribution in [-0.4, -0.2) is 16.2 Å². The third kappa shape index (κ3) is 3.92. The Bertz CT molecular complexity index is 1160. The van der Waals surface area contributed by atoms with Gasteiger partial charge in [-0.3, -0.25) is 0 Å². The molecule has 0 aliphatic rings. The van der Waals surface area contributed by atoms with E-state index in [-0.39, 0.29) is 11.3 Å². The molecule has 0 aromatic heterocycles. The van der Waals surface area contributed by atoms with Gasteiger partial charge < -0.3 is 15.5 Å². The van der Waals surface area contributed by atoms with Gasteiger partial charge in [0.1, 0.15) is 5.56 Å². The summed E-state index contributed by atoms with van der Waals surface area (Å²) in [7, 11) is 0. The third-order valence-electron chi connectivity index (χ3n) is 5.07. The molecule has 4 rings (SSSR count). The van der Waals surface area contributed by atoms with Crippen LogP contribution in [-0.2, 0) is 13.0 Å². The highest BCUT2D eigenvalue weighted by Crippen LogP contribution is 2.34. The van der Waals surface area contributed by atoms with Gasteiger partial charge in [-0.1, -0.05) is 78.9 Å². The number of anilines is 1. The summed E-state index contributed by atoms with van der Waals surface area (Å²) in [6.07, 6.45) is 0.589. The van der Waals surface area contributed by atoms with Crippen LogP contribution in [0.4, 0.5) is 5.69 Å². The van der Waals surface area contributed by atoms with E-state index in [2.05, 4.69) is 23.5 Å². The number of carboxylic acids is 1. The molecule has 0 bridgehead atoms. The van der Waals surface area contributed by atoms with Gasteiger partial charge in [0.25, 0.3) is 0 Å². The van der Waals surface area contributed by atoms with Crippen molar-refractivity contribution in [2.75, 3.05) is 5.32 Å². The van der Waals surface area contributed by atoms with Crippen LogP contribution in [0.2, 0.25) is 0 Å². The Morgan fingerprint density at radius 1 is 0.793 bits per heavy atom. The van der Waals surface area contributed by atoms with Crippen molar-refractivity contribution in [3.8, 4) is 5.75 Å². The van der Waals surface area contributed by atoms with Gasteiger partial charge in [0, 0.05) is 6.54 Å². The Kier molecular flexibility index (Phi) is 5.16. The second kappa shape index (κ2) is 8.07.